The number of thiophene rings is 1. The van der Waals surface area contributed by atoms with Gasteiger partial charge in [-0.25, -0.2) is 0 Å². The number of nitrogens with zero attached hydrogens (tertiary/aromatic N) is 4. The molecule has 0 radical (unpaired) electrons. The molecule has 4 rings (SSSR count). The molecule has 28 heavy (non-hydrogen) atoms. The van der Waals surface area contributed by atoms with E-state index in [9.17, 15) is 9.59 Å². The number of amides is 2. The SMILES string of the molecule is Cc1ccc(C(=O)N2CCN(c3cncc4sc(C(N)=O)c(N)c34)CC2)cn1. The van der Waals surface area contributed by atoms with Crippen LogP contribution in [0.1, 0.15) is 25.7 Å². The number of rotatable bonds is 3. The van der Waals surface area contributed by atoms with Crippen molar-refractivity contribution < 1.29 is 9.59 Å². The zero-order valence-corrected chi connectivity index (χ0v) is 16.2. The molecule has 0 aromatic carbocycles. The second kappa shape index (κ2) is 7.08. The van der Waals surface area contributed by atoms with Gasteiger partial charge in [0.15, 0.2) is 0 Å². The lowest BCUT2D eigenvalue weighted by Crippen LogP contribution is -2.48. The molecule has 2 amide bonds. The monoisotopic (exact) mass is 396 g/mol. The van der Waals surface area contributed by atoms with Crippen LogP contribution in [0.25, 0.3) is 10.1 Å². The average molecular weight is 396 g/mol. The Balaban J connectivity index is 1.55. The van der Waals surface area contributed by atoms with Crippen LogP contribution in [-0.4, -0.2) is 52.9 Å². The summed E-state index contributed by atoms with van der Waals surface area (Å²) in [6.07, 6.45) is 5.06. The van der Waals surface area contributed by atoms with Crippen LogP contribution < -0.4 is 16.4 Å². The number of aryl methyl sites for hydroxylation is 1. The molecular weight excluding hydrogens is 376 g/mol. The Kier molecular flexibility index (Phi) is 4.60. The fraction of sp³-hybridized carbons (Fsp3) is 0.263. The van der Waals surface area contributed by atoms with Crippen LogP contribution in [0.15, 0.2) is 30.7 Å². The van der Waals surface area contributed by atoms with Crippen molar-refractivity contribution in [2.75, 3.05) is 36.8 Å². The van der Waals surface area contributed by atoms with Crippen LogP contribution in [-0.2, 0) is 0 Å². The van der Waals surface area contributed by atoms with Gasteiger partial charge in [0, 0.05) is 49.7 Å². The number of piperazine rings is 1. The van der Waals surface area contributed by atoms with Crippen LogP contribution >= 0.6 is 11.3 Å². The van der Waals surface area contributed by atoms with Crippen molar-refractivity contribution >= 4 is 44.6 Å². The Morgan fingerprint density at radius 3 is 2.50 bits per heavy atom. The highest BCUT2D eigenvalue weighted by Crippen LogP contribution is 2.39. The van der Waals surface area contributed by atoms with E-state index in [4.69, 9.17) is 11.5 Å². The highest BCUT2D eigenvalue weighted by molar-refractivity contribution is 7.21. The topological polar surface area (TPSA) is 118 Å². The number of nitrogens with two attached hydrogens (primary N) is 2. The van der Waals surface area contributed by atoms with Crippen LogP contribution in [0.3, 0.4) is 0 Å². The minimum atomic E-state index is -0.535. The molecule has 0 aliphatic carbocycles. The lowest BCUT2D eigenvalue weighted by Gasteiger charge is -2.36. The zero-order valence-electron chi connectivity index (χ0n) is 15.4. The van der Waals surface area contributed by atoms with Crippen molar-refractivity contribution in [3.8, 4) is 0 Å². The summed E-state index contributed by atoms with van der Waals surface area (Å²) in [5.74, 6) is -0.554. The summed E-state index contributed by atoms with van der Waals surface area (Å²) in [6, 6.07) is 3.64. The van der Waals surface area contributed by atoms with E-state index in [1.807, 2.05) is 17.9 Å². The fourth-order valence-corrected chi connectivity index (χ4v) is 4.37. The molecule has 4 N–H and O–H groups in total. The molecule has 9 heteroatoms. The maximum Gasteiger partial charge on any atom is 0.260 e. The van der Waals surface area contributed by atoms with Gasteiger partial charge in [0.25, 0.3) is 11.8 Å². The first kappa shape index (κ1) is 18.2. The number of anilines is 2. The lowest BCUT2D eigenvalue weighted by atomic mass is 10.1. The molecular formula is C19H20N6O2S. The quantitative estimate of drug-likeness (QED) is 0.695. The van der Waals surface area contributed by atoms with Crippen molar-refractivity contribution in [2.45, 2.75) is 6.92 Å². The van der Waals surface area contributed by atoms with E-state index in [-0.39, 0.29) is 5.91 Å². The molecule has 0 atom stereocenters. The summed E-state index contributed by atoms with van der Waals surface area (Å²) in [5.41, 5.74) is 14.4. The zero-order chi connectivity index (χ0) is 19.8. The van der Waals surface area contributed by atoms with Crippen molar-refractivity contribution in [3.63, 3.8) is 0 Å². The van der Waals surface area contributed by atoms with Crippen LogP contribution in [0.5, 0.6) is 0 Å². The third-order valence-electron chi connectivity index (χ3n) is 4.91. The third-order valence-corrected chi connectivity index (χ3v) is 6.06. The maximum absolute atomic E-state index is 12.7. The molecule has 3 aromatic heterocycles. The molecule has 0 spiro atoms. The van der Waals surface area contributed by atoms with E-state index in [1.165, 1.54) is 11.3 Å². The van der Waals surface area contributed by atoms with Gasteiger partial charge in [-0.15, -0.1) is 11.3 Å². The molecule has 1 fully saturated rings. The van der Waals surface area contributed by atoms with Crippen molar-refractivity contribution in [1.82, 2.24) is 14.9 Å². The standard InChI is InChI=1S/C19H20N6O2S/c1-11-2-3-12(8-23-11)19(27)25-6-4-24(5-7-25)13-9-22-10-14-15(13)16(20)17(28-14)18(21)26/h2-3,8-10H,4-7,20H2,1H3,(H2,21,26). The van der Waals surface area contributed by atoms with Gasteiger partial charge in [0.1, 0.15) is 4.88 Å². The van der Waals surface area contributed by atoms with Gasteiger partial charge < -0.3 is 21.3 Å². The van der Waals surface area contributed by atoms with E-state index >= 15 is 0 Å². The minimum Gasteiger partial charge on any atom is -0.397 e. The van der Waals surface area contributed by atoms with Gasteiger partial charge in [0.2, 0.25) is 0 Å². The van der Waals surface area contributed by atoms with Gasteiger partial charge in [-0.3, -0.25) is 19.6 Å². The van der Waals surface area contributed by atoms with Crippen LogP contribution in [0.2, 0.25) is 0 Å². The number of hydrogen-bond donors (Lipinski definition) is 2. The van der Waals surface area contributed by atoms with Gasteiger partial charge in [-0.05, 0) is 19.1 Å². The van der Waals surface area contributed by atoms with E-state index in [0.29, 0.717) is 42.3 Å². The van der Waals surface area contributed by atoms with Gasteiger partial charge in [0.05, 0.1) is 27.8 Å². The number of pyridine rings is 2. The van der Waals surface area contributed by atoms with E-state index in [0.717, 1.165) is 21.5 Å². The molecule has 0 unspecified atom stereocenters. The molecule has 0 saturated carbocycles. The van der Waals surface area contributed by atoms with Crippen LogP contribution in [0, 0.1) is 6.92 Å². The molecule has 0 bridgehead atoms. The first-order valence-corrected chi connectivity index (χ1v) is 9.70. The van der Waals surface area contributed by atoms with Crippen molar-refractivity contribution in [1.29, 1.82) is 0 Å². The minimum absolute atomic E-state index is 0.0189. The summed E-state index contributed by atoms with van der Waals surface area (Å²) < 4.78 is 0.827. The number of primary amides is 1. The Morgan fingerprint density at radius 1 is 1.11 bits per heavy atom. The largest absolute Gasteiger partial charge is 0.397 e. The third kappa shape index (κ3) is 3.13. The van der Waals surface area contributed by atoms with E-state index < -0.39 is 5.91 Å². The van der Waals surface area contributed by atoms with E-state index in [2.05, 4.69) is 14.9 Å². The van der Waals surface area contributed by atoms with Gasteiger partial charge in [-0.2, -0.15) is 0 Å². The predicted octanol–water partition coefficient (Wildman–Crippen LogP) is 1.64. The molecule has 1 saturated heterocycles. The van der Waals surface area contributed by atoms with Gasteiger partial charge >= 0.3 is 0 Å². The summed E-state index contributed by atoms with van der Waals surface area (Å²) in [6.45, 7) is 4.34. The Hall–Kier alpha value is -3.20. The van der Waals surface area contributed by atoms with Crippen molar-refractivity contribution in [2.24, 2.45) is 5.73 Å². The van der Waals surface area contributed by atoms with Crippen molar-refractivity contribution in [3.05, 3.63) is 46.9 Å². The molecule has 1 aliphatic rings. The highest BCUT2D eigenvalue weighted by Gasteiger charge is 2.25. The van der Waals surface area contributed by atoms with Gasteiger partial charge in [-0.1, -0.05) is 0 Å². The Morgan fingerprint density at radius 2 is 1.86 bits per heavy atom. The number of hydrogen-bond acceptors (Lipinski definition) is 7. The lowest BCUT2D eigenvalue weighted by molar-refractivity contribution is 0.0746. The highest BCUT2D eigenvalue weighted by atomic mass is 32.1. The second-order valence-corrected chi connectivity index (χ2v) is 7.76. The average Bonchev–Trinajstić information content (AvgIpc) is 3.05. The Bertz CT molecular complexity index is 1050. The van der Waals surface area contributed by atoms with E-state index in [1.54, 1.807) is 24.7 Å². The maximum atomic E-state index is 12.7. The smallest absolute Gasteiger partial charge is 0.260 e. The molecule has 1 aliphatic heterocycles. The molecule has 144 valence electrons. The number of fused-ring (bicyclic) bond motifs is 1. The number of carbonyl (C=O) groups is 2. The summed E-state index contributed by atoms with van der Waals surface area (Å²) >= 11 is 1.25. The first-order chi connectivity index (χ1) is 13.5. The number of nitrogen functional groups attached to an aromatic ring is 1. The molecule has 3 aromatic rings. The predicted molar refractivity (Wildman–Crippen MR) is 110 cm³/mol. The normalized spacial score (nSPS) is 14.5. The molecule has 4 heterocycles. The van der Waals surface area contributed by atoms with Crippen LogP contribution in [0.4, 0.5) is 11.4 Å². The number of carbonyl (C=O) groups excluding carboxylic acids is 2. The number of aromatic nitrogens is 2. The fourth-order valence-electron chi connectivity index (χ4n) is 3.41. The first-order valence-electron chi connectivity index (χ1n) is 8.88. The summed E-state index contributed by atoms with van der Waals surface area (Å²) in [7, 11) is 0. The molecule has 8 nitrogen and oxygen atoms in total. The Labute approximate surface area is 165 Å². The summed E-state index contributed by atoms with van der Waals surface area (Å²) in [4.78, 5) is 37.1. The summed E-state index contributed by atoms with van der Waals surface area (Å²) in [5, 5.41) is 0.802. The second-order valence-electron chi connectivity index (χ2n) is 6.71.